The van der Waals surface area contributed by atoms with Crippen LogP contribution < -0.4 is 0 Å². The third-order valence-electron chi connectivity index (χ3n) is 2.05. The zero-order chi connectivity index (χ0) is 14.0. The number of aryl methyl sites for hydroxylation is 1. The van der Waals surface area contributed by atoms with E-state index in [4.69, 9.17) is 15.8 Å². The predicted octanol–water partition coefficient (Wildman–Crippen LogP) is 3.83. The summed E-state index contributed by atoms with van der Waals surface area (Å²) >= 11 is 5.79. The van der Waals surface area contributed by atoms with Crippen LogP contribution in [0.25, 0.3) is 0 Å². The Hall–Kier alpha value is -1.00. The second-order valence-corrected chi connectivity index (χ2v) is 7.08. The summed E-state index contributed by atoms with van der Waals surface area (Å²) < 4.78 is 28.6. The highest BCUT2D eigenvalue weighted by Crippen LogP contribution is 2.24. The Morgan fingerprint density at radius 3 is 2.17 bits per heavy atom. The molecule has 0 radical (unpaired) electrons. The second-order valence-electron chi connectivity index (χ2n) is 5.16. The lowest BCUT2D eigenvalue weighted by atomic mass is 9.97. The van der Waals surface area contributed by atoms with Crippen molar-refractivity contribution in [2.75, 3.05) is 0 Å². The van der Waals surface area contributed by atoms with Crippen LogP contribution >= 0.6 is 11.6 Å². The lowest BCUT2D eigenvalue weighted by Gasteiger charge is -2.13. The fraction of sp³-hybridized carbons (Fsp3) is 0.385. The van der Waals surface area contributed by atoms with E-state index in [2.05, 4.69) is 0 Å². The molecule has 0 fully saturated rings. The molecule has 0 heterocycles. The fourth-order valence-corrected chi connectivity index (χ4v) is 2.62. The van der Waals surface area contributed by atoms with Gasteiger partial charge in [0.05, 0.1) is 0 Å². The largest absolute Gasteiger partial charge is 0.367 e. The normalized spacial score (nSPS) is 13.5. The highest BCUT2D eigenvalue weighted by Gasteiger charge is 2.18. The van der Waals surface area contributed by atoms with Crippen LogP contribution in [0.2, 0.25) is 0 Å². The van der Waals surface area contributed by atoms with Crippen molar-refractivity contribution >= 4 is 21.7 Å². The highest BCUT2D eigenvalue weighted by molar-refractivity contribution is 7.87. The van der Waals surface area contributed by atoms with Crippen LogP contribution in [0.3, 0.4) is 0 Å². The molecular weight excluding hydrogens is 272 g/mol. The quantitative estimate of drug-likeness (QED) is 0.627. The van der Waals surface area contributed by atoms with E-state index in [-0.39, 0.29) is 15.5 Å². The van der Waals surface area contributed by atoms with Crippen LogP contribution in [0.1, 0.15) is 26.3 Å². The third kappa shape index (κ3) is 4.70. The van der Waals surface area contributed by atoms with Gasteiger partial charge in [-0.2, -0.15) is 8.42 Å². The number of hydrogen-bond donors (Lipinski definition) is 0. The minimum Gasteiger partial charge on any atom is -0.367 e. The summed E-state index contributed by atoms with van der Waals surface area (Å²) in [5.41, 5.74) is 0.727. The van der Waals surface area contributed by atoms with Gasteiger partial charge >= 0.3 is 10.1 Å². The molecule has 0 aliphatic rings. The van der Waals surface area contributed by atoms with E-state index in [0.717, 1.165) is 5.56 Å². The Labute approximate surface area is 114 Å². The smallest absolute Gasteiger partial charge is 0.340 e. The molecule has 0 bridgehead atoms. The highest BCUT2D eigenvalue weighted by atomic mass is 35.5. The summed E-state index contributed by atoms with van der Waals surface area (Å²) in [5, 5.41) is -0.136. The Kier molecular flexibility index (Phi) is 4.46. The average Bonchev–Trinajstić information content (AvgIpc) is 2.13. The molecule has 0 atom stereocenters. The van der Waals surface area contributed by atoms with Gasteiger partial charge in [-0.3, -0.25) is 0 Å². The minimum absolute atomic E-state index is 0.0913. The van der Waals surface area contributed by atoms with Gasteiger partial charge in [-0.25, -0.2) is 0 Å². The SMILES string of the molecule is Cc1ccc(S(=O)(=O)O/C(Cl)=C\C(C)(C)C)cc1. The summed E-state index contributed by atoms with van der Waals surface area (Å²) in [7, 11) is -3.85. The van der Waals surface area contributed by atoms with E-state index in [0.29, 0.717) is 0 Å². The van der Waals surface area contributed by atoms with Gasteiger partial charge in [-0.15, -0.1) is 0 Å². The first-order chi connectivity index (χ1) is 8.10. The molecule has 0 unspecified atom stereocenters. The van der Waals surface area contributed by atoms with Gasteiger partial charge in [0.1, 0.15) is 4.90 Å². The summed E-state index contributed by atoms with van der Waals surface area (Å²) in [6, 6.07) is 6.40. The number of benzene rings is 1. The molecule has 5 heteroatoms. The maximum absolute atomic E-state index is 11.9. The maximum atomic E-state index is 11.9. The first kappa shape index (κ1) is 15.1. The third-order valence-corrected chi connectivity index (χ3v) is 3.57. The zero-order valence-electron chi connectivity index (χ0n) is 10.9. The van der Waals surface area contributed by atoms with Crippen molar-refractivity contribution in [3.05, 3.63) is 41.1 Å². The first-order valence-corrected chi connectivity index (χ1v) is 7.28. The van der Waals surface area contributed by atoms with Crippen molar-refractivity contribution in [2.24, 2.45) is 5.41 Å². The number of allylic oxidation sites excluding steroid dienone is 1. The van der Waals surface area contributed by atoms with Crippen molar-refractivity contribution in [3.8, 4) is 0 Å². The Morgan fingerprint density at radius 2 is 1.72 bits per heavy atom. The molecule has 1 aromatic carbocycles. The molecule has 0 N–H and O–H groups in total. The molecular formula is C13H17ClO3S. The van der Waals surface area contributed by atoms with Crippen LogP contribution in [-0.4, -0.2) is 8.42 Å². The Balaban J connectivity index is 2.96. The first-order valence-electron chi connectivity index (χ1n) is 5.50. The van der Waals surface area contributed by atoms with Gasteiger partial charge in [-0.05, 0) is 42.1 Å². The van der Waals surface area contributed by atoms with Crippen LogP contribution in [-0.2, 0) is 14.3 Å². The molecule has 3 nitrogen and oxygen atoms in total. The van der Waals surface area contributed by atoms with E-state index in [9.17, 15) is 8.42 Å². The van der Waals surface area contributed by atoms with Gasteiger partial charge in [0.25, 0.3) is 0 Å². The van der Waals surface area contributed by atoms with Gasteiger partial charge < -0.3 is 4.18 Å². The fourth-order valence-electron chi connectivity index (χ4n) is 1.22. The molecule has 1 rings (SSSR count). The Morgan fingerprint density at radius 1 is 1.22 bits per heavy atom. The summed E-state index contributed by atoms with van der Waals surface area (Å²) in [6.45, 7) is 7.58. The summed E-state index contributed by atoms with van der Waals surface area (Å²) in [6.07, 6.45) is 1.56. The van der Waals surface area contributed by atoms with Crippen LogP contribution in [0, 0.1) is 12.3 Å². The standard InChI is InChI=1S/C13H17ClO3S/c1-10-5-7-11(8-6-10)18(15,16)17-12(14)9-13(2,3)4/h5-9H,1-4H3/b12-9-. The molecule has 100 valence electrons. The minimum atomic E-state index is -3.85. The molecule has 0 aromatic heterocycles. The molecule has 18 heavy (non-hydrogen) atoms. The van der Waals surface area contributed by atoms with Crippen LogP contribution in [0.15, 0.2) is 40.5 Å². The van der Waals surface area contributed by atoms with Gasteiger partial charge in [0.15, 0.2) is 0 Å². The van der Waals surface area contributed by atoms with Crippen LogP contribution in [0.5, 0.6) is 0 Å². The molecule has 0 amide bonds. The lowest BCUT2D eigenvalue weighted by Crippen LogP contribution is -2.07. The van der Waals surface area contributed by atoms with Gasteiger partial charge in [0, 0.05) is 0 Å². The lowest BCUT2D eigenvalue weighted by molar-refractivity contribution is 0.418. The molecule has 1 aromatic rings. The van der Waals surface area contributed by atoms with Gasteiger partial charge in [0.2, 0.25) is 5.22 Å². The van der Waals surface area contributed by atoms with Crippen molar-refractivity contribution in [1.29, 1.82) is 0 Å². The molecule has 0 saturated heterocycles. The molecule has 0 aliphatic carbocycles. The van der Waals surface area contributed by atoms with Crippen molar-refractivity contribution < 1.29 is 12.6 Å². The van der Waals surface area contributed by atoms with Crippen LogP contribution in [0.4, 0.5) is 0 Å². The van der Waals surface area contributed by atoms with E-state index in [1.54, 1.807) is 18.2 Å². The molecule has 0 saturated carbocycles. The van der Waals surface area contributed by atoms with Crippen molar-refractivity contribution in [3.63, 3.8) is 0 Å². The van der Waals surface area contributed by atoms with E-state index < -0.39 is 10.1 Å². The van der Waals surface area contributed by atoms with Gasteiger partial charge in [-0.1, -0.05) is 38.5 Å². The van der Waals surface area contributed by atoms with E-state index in [1.807, 2.05) is 27.7 Å². The van der Waals surface area contributed by atoms with Crippen molar-refractivity contribution in [1.82, 2.24) is 0 Å². The number of halogens is 1. The summed E-state index contributed by atoms with van der Waals surface area (Å²) in [4.78, 5) is 0.0913. The zero-order valence-corrected chi connectivity index (χ0v) is 12.5. The van der Waals surface area contributed by atoms with Crippen molar-refractivity contribution in [2.45, 2.75) is 32.6 Å². The number of hydrogen-bond acceptors (Lipinski definition) is 3. The Bertz CT molecular complexity index is 537. The molecule has 0 spiro atoms. The van der Waals surface area contributed by atoms with E-state index in [1.165, 1.54) is 12.1 Å². The predicted molar refractivity (Wildman–Crippen MR) is 72.8 cm³/mol. The topological polar surface area (TPSA) is 43.4 Å². The van der Waals surface area contributed by atoms with E-state index >= 15 is 0 Å². The monoisotopic (exact) mass is 288 g/mol. The molecule has 0 aliphatic heterocycles. The number of rotatable bonds is 3. The second kappa shape index (κ2) is 5.33. The maximum Gasteiger partial charge on any atom is 0.340 e. The summed E-state index contributed by atoms with van der Waals surface area (Å²) in [5.74, 6) is 0. The average molecular weight is 289 g/mol.